The Morgan fingerprint density at radius 1 is 1.35 bits per heavy atom. The first-order chi connectivity index (χ1) is 8.13. The summed E-state index contributed by atoms with van der Waals surface area (Å²) in [6, 6.07) is 0.650. The zero-order valence-electron chi connectivity index (χ0n) is 11.4. The Morgan fingerprint density at radius 2 is 2.12 bits per heavy atom. The first-order valence-electron chi connectivity index (χ1n) is 6.71. The van der Waals surface area contributed by atoms with Crippen LogP contribution in [0.15, 0.2) is 0 Å². The van der Waals surface area contributed by atoms with Gasteiger partial charge in [0.25, 0.3) is 0 Å². The monoisotopic (exact) mass is 236 g/mol. The quantitative estimate of drug-likeness (QED) is 0.870. The van der Waals surface area contributed by atoms with Crippen molar-refractivity contribution < 1.29 is 0 Å². The Kier molecular flexibility index (Phi) is 3.82. The summed E-state index contributed by atoms with van der Waals surface area (Å²) in [5.74, 6) is 3.70. The predicted molar refractivity (Wildman–Crippen MR) is 68.5 cm³/mol. The number of aromatic nitrogens is 3. The van der Waals surface area contributed by atoms with Gasteiger partial charge in [-0.15, -0.1) is 10.2 Å². The molecule has 0 bridgehead atoms. The second-order valence-electron chi connectivity index (χ2n) is 5.31. The molecule has 1 heterocycles. The van der Waals surface area contributed by atoms with Crippen molar-refractivity contribution in [2.45, 2.75) is 52.6 Å². The van der Waals surface area contributed by atoms with Crippen molar-refractivity contribution in [3.63, 3.8) is 0 Å². The minimum atomic E-state index is 0.650. The van der Waals surface area contributed by atoms with Crippen molar-refractivity contribution in [2.24, 2.45) is 18.9 Å². The van der Waals surface area contributed by atoms with E-state index >= 15 is 0 Å². The van der Waals surface area contributed by atoms with Crippen LogP contribution in [0.1, 0.15) is 44.8 Å². The minimum Gasteiger partial charge on any atom is -0.317 e. The van der Waals surface area contributed by atoms with Gasteiger partial charge in [-0.05, 0) is 31.6 Å². The van der Waals surface area contributed by atoms with Crippen LogP contribution in [-0.2, 0) is 13.6 Å². The normalized spacial score (nSPS) is 28.8. The lowest BCUT2D eigenvalue weighted by atomic mass is 9.93. The van der Waals surface area contributed by atoms with Gasteiger partial charge in [-0.25, -0.2) is 0 Å². The van der Waals surface area contributed by atoms with Crippen LogP contribution in [0.2, 0.25) is 0 Å². The van der Waals surface area contributed by atoms with E-state index in [0.717, 1.165) is 30.0 Å². The van der Waals surface area contributed by atoms with E-state index in [0.29, 0.717) is 6.04 Å². The van der Waals surface area contributed by atoms with Crippen LogP contribution < -0.4 is 5.32 Å². The summed E-state index contributed by atoms with van der Waals surface area (Å²) in [5, 5.41) is 11.9. The lowest BCUT2D eigenvalue weighted by molar-refractivity contribution is 0.341. The van der Waals surface area contributed by atoms with Gasteiger partial charge in [-0.1, -0.05) is 20.3 Å². The van der Waals surface area contributed by atoms with Gasteiger partial charge in [-0.3, -0.25) is 0 Å². The average Bonchev–Trinajstić information content (AvgIpc) is 2.83. The highest BCUT2D eigenvalue weighted by Gasteiger charge is 2.31. The van der Waals surface area contributed by atoms with Crippen molar-refractivity contribution in [1.82, 2.24) is 20.1 Å². The highest BCUT2D eigenvalue weighted by atomic mass is 15.3. The maximum Gasteiger partial charge on any atom is 0.146 e. The van der Waals surface area contributed by atoms with E-state index in [1.54, 1.807) is 0 Å². The zero-order valence-corrected chi connectivity index (χ0v) is 11.4. The first kappa shape index (κ1) is 12.6. The molecule has 0 aromatic carbocycles. The van der Waals surface area contributed by atoms with Crippen molar-refractivity contribution in [3.8, 4) is 0 Å². The molecular weight excluding hydrogens is 212 g/mol. The standard InChI is InChI=1S/C13H24N4/c1-5-11-6-7-12(9(11)2)14-8-13-16-15-10(3)17(13)4/h9,11-12,14H,5-8H2,1-4H3. The Morgan fingerprint density at radius 3 is 2.65 bits per heavy atom. The molecule has 1 aliphatic carbocycles. The molecule has 4 nitrogen and oxygen atoms in total. The second-order valence-corrected chi connectivity index (χ2v) is 5.31. The molecule has 4 heteroatoms. The molecule has 0 aliphatic heterocycles. The second kappa shape index (κ2) is 5.17. The van der Waals surface area contributed by atoms with E-state index in [-0.39, 0.29) is 0 Å². The maximum atomic E-state index is 4.19. The molecule has 3 unspecified atom stereocenters. The molecule has 0 spiro atoms. The largest absolute Gasteiger partial charge is 0.317 e. The van der Waals surface area contributed by atoms with Gasteiger partial charge >= 0.3 is 0 Å². The van der Waals surface area contributed by atoms with Crippen molar-refractivity contribution in [1.29, 1.82) is 0 Å². The molecule has 1 aliphatic rings. The van der Waals surface area contributed by atoms with Gasteiger partial charge in [0.2, 0.25) is 0 Å². The highest BCUT2D eigenvalue weighted by molar-refractivity contribution is 4.94. The predicted octanol–water partition coefficient (Wildman–Crippen LogP) is 2.04. The number of nitrogens with one attached hydrogen (secondary N) is 1. The molecule has 96 valence electrons. The van der Waals surface area contributed by atoms with Crippen molar-refractivity contribution in [2.75, 3.05) is 0 Å². The van der Waals surface area contributed by atoms with Crippen molar-refractivity contribution in [3.05, 3.63) is 11.6 Å². The fraction of sp³-hybridized carbons (Fsp3) is 0.846. The molecule has 0 saturated heterocycles. The van der Waals surface area contributed by atoms with Crippen molar-refractivity contribution >= 4 is 0 Å². The molecule has 1 saturated carbocycles. The third kappa shape index (κ3) is 2.51. The zero-order chi connectivity index (χ0) is 12.4. The fourth-order valence-corrected chi connectivity index (χ4v) is 2.94. The van der Waals surface area contributed by atoms with E-state index in [9.17, 15) is 0 Å². The molecule has 1 N–H and O–H groups in total. The van der Waals surface area contributed by atoms with Gasteiger partial charge < -0.3 is 9.88 Å². The number of nitrogens with zero attached hydrogens (tertiary/aromatic N) is 3. The van der Waals surface area contributed by atoms with Crippen LogP contribution in [0, 0.1) is 18.8 Å². The molecule has 0 amide bonds. The summed E-state index contributed by atoms with van der Waals surface area (Å²) in [5.41, 5.74) is 0. The van der Waals surface area contributed by atoms with E-state index in [4.69, 9.17) is 0 Å². The smallest absolute Gasteiger partial charge is 0.146 e. The third-order valence-corrected chi connectivity index (χ3v) is 4.46. The summed E-state index contributed by atoms with van der Waals surface area (Å²) in [4.78, 5) is 0. The van der Waals surface area contributed by atoms with Gasteiger partial charge in [0.1, 0.15) is 11.6 Å². The number of rotatable bonds is 4. The average molecular weight is 236 g/mol. The van der Waals surface area contributed by atoms with Crippen LogP contribution in [0.5, 0.6) is 0 Å². The van der Waals surface area contributed by atoms with Gasteiger partial charge in [0, 0.05) is 13.1 Å². The van der Waals surface area contributed by atoms with Crippen LogP contribution in [0.25, 0.3) is 0 Å². The summed E-state index contributed by atoms with van der Waals surface area (Å²) < 4.78 is 2.06. The van der Waals surface area contributed by atoms with Crippen LogP contribution >= 0.6 is 0 Å². The fourth-order valence-electron chi connectivity index (χ4n) is 2.94. The lowest BCUT2D eigenvalue weighted by Gasteiger charge is -2.20. The Bertz CT molecular complexity index is 371. The molecule has 1 aromatic rings. The summed E-state index contributed by atoms with van der Waals surface area (Å²) in [7, 11) is 2.03. The summed E-state index contributed by atoms with van der Waals surface area (Å²) in [6.45, 7) is 7.50. The number of hydrogen-bond donors (Lipinski definition) is 1. The van der Waals surface area contributed by atoms with Gasteiger partial charge in [-0.2, -0.15) is 0 Å². The van der Waals surface area contributed by atoms with Gasteiger partial charge in [0.05, 0.1) is 6.54 Å². The van der Waals surface area contributed by atoms with E-state index < -0.39 is 0 Å². The van der Waals surface area contributed by atoms with E-state index in [2.05, 4.69) is 33.9 Å². The Balaban J connectivity index is 1.89. The molecular formula is C13H24N4. The minimum absolute atomic E-state index is 0.650. The molecule has 2 rings (SSSR count). The Hall–Kier alpha value is -0.900. The topological polar surface area (TPSA) is 42.7 Å². The molecule has 1 fully saturated rings. The molecule has 3 atom stereocenters. The van der Waals surface area contributed by atoms with E-state index in [1.165, 1.54) is 19.3 Å². The third-order valence-electron chi connectivity index (χ3n) is 4.46. The SMILES string of the molecule is CCC1CCC(NCc2nnc(C)n2C)C1C. The lowest BCUT2D eigenvalue weighted by Crippen LogP contribution is -2.33. The summed E-state index contributed by atoms with van der Waals surface area (Å²) >= 11 is 0. The number of aryl methyl sites for hydroxylation is 1. The first-order valence-corrected chi connectivity index (χ1v) is 6.71. The molecule has 0 radical (unpaired) electrons. The number of hydrogen-bond acceptors (Lipinski definition) is 3. The van der Waals surface area contributed by atoms with Crippen LogP contribution in [0.4, 0.5) is 0 Å². The Labute approximate surface area is 104 Å². The summed E-state index contributed by atoms with van der Waals surface area (Å²) in [6.07, 6.45) is 3.98. The molecule has 17 heavy (non-hydrogen) atoms. The van der Waals surface area contributed by atoms with Crippen LogP contribution in [0.3, 0.4) is 0 Å². The highest BCUT2D eigenvalue weighted by Crippen LogP contribution is 2.33. The van der Waals surface area contributed by atoms with Gasteiger partial charge in [0.15, 0.2) is 0 Å². The molecule has 1 aromatic heterocycles. The van der Waals surface area contributed by atoms with Crippen LogP contribution in [-0.4, -0.2) is 20.8 Å². The maximum absolute atomic E-state index is 4.19. The van der Waals surface area contributed by atoms with E-state index in [1.807, 2.05) is 14.0 Å².